The maximum absolute atomic E-state index is 12.1. The summed E-state index contributed by atoms with van der Waals surface area (Å²) < 4.78 is 5.23. The quantitative estimate of drug-likeness (QED) is 0.915. The van der Waals surface area contributed by atoms with Crippen molar-refractivity contribution in [2.45, 2.75) is 19.4 Å². The molecule has 1 atom stereocenters. The van der Waals surface area contributed by atoms with Gasteiger partial charge in [-0.2, -0.15) is 0 Å². The number of amides is 2. The number of benzene rings is 2. The third-order valence-corrected chi connectivity index (χ3v) is 4.00. The molecule has 2 amide bonds. The Kier molecular flexibility index (Phi) is 4.79. The monoisotopic (exact) mass is 324 g/mol. The van der Waals surface area contributed by atoms with E-state index in [-0.39, 0.29) is 18.0 Å². The summed E-state index contributed by atoms with van der Waals surface area (Å²) in [6, 6.07) is 16.6. The number of hydrogen-bond acceptors (Lipinski definition) is 3. The molecule has 5 nitrogen and oxygen atoms in total. The second-order valence-electron chi connectivity index (χ2n) is 5.68. The van der Waals surface area contributed by atoms with Crippen molar-refractivity contribution in [2.75, 3.05) is 18.1 Å². The van der Waals surface area contributed by atoms with E-state index in [0.717, 1.165) is 17.7 Å². The highest BCUT2D eigenvalue weighted by atomic mass is 16.6. The molecule has 24 heavy (non-hydrogen) atoms. The molecule has 2 aromatic rings. The minimum atomic E-state index is -0.368. The summed E-state index contributed by atoms with van der Waals surface area (Å²) in [5.74, 6) is -0.105. The molecule has 0 spiro atoms. The van der Waals surface area contributed by atoms with E-state index < -0.39 is 0 Å². The third kappa shape index (κ3) is 3.25. The van der Waals surface area contributed by atoms with Crippen LogP contribution in [0.15, 0.2) is 54.6 Å². The zero-order valence-electron chi connectivity index (χ0n) is 13.6. The Hall–Kier alpha value is -2.82. The summed E-state index contributed by atoms with van der Waals surface area (Å²) in [6.07, 6.45) is 0.523. The molecule has 0 bridgehead atoms. The maximum atomic E-state index is 12.1. The van der Waals surface area contributed by atoms with Crippen LogP contribution in [0.3, 0.4) is 0 Å². The number of cyclic esters (lactones) is 1. The van der Waals surface area contributed by atoms with Gasteiger partial charge < -0.3 is 10.1 Å². The summed E-state index contributed by atoms with van der Waals surface area (Å²) in [6.45, 7) is 2.97. The number of hydrogen-bond donors (Lipinski definition) is 1. The Balaban J connectivity index is 1.81. The van der Waals surface area contributed by atoms with Crippen molar-refractivity contribution in [3.63, 3.8) is 0 Å². The summed E-state index contributed by atoms with van der Waals surface area (Å²) >= 11 is 0. The smallest absolute Gasteiger partial charge is 0.415 e. The second kappa shape index (κ2) is 7.17. The molecule has 5 heteroatoms. The van der Waals surface area contributed by atoms with E-state index in [0.29, 0.717) is 18.7 Å². The van der Waals surface area contributed by atoms with Gasteiger partial charge in [0.15, 0.2) is 0 Å². The first kappa shape index (κ1) is 16.1. The molecule has 1 fully saturated rings. The Bertz CT molecular complexity index is 713. The van der Waals surface area contributed by atoms with Gasteiger partial charge in [-0.25, -0.2) is 4.79 Å². The maximum Gasteiger partial charge on any atom is 0.415 e. The van der Waals surface area contributed by atoms with Crippen molar-refractivity contribution < 1.29 is 14.3 Å². The molecule has 1 saturated heterocycles. The van der Waals surface area contributed by atoms with Crippen LogP contribution in [0.4, 0.5) is 10.5 Å². The van der Waals surface area contributed by atoms with Crippen LogP contribution < -0.4 is 10.2 Å². The first-order valence-corrected chi connectivity index (χ1v) is 8.10. The van der Waals surface area contributed by atoms with Gasteiger partial charge in [-0.15, -0.1) is 0 Å². The van der Waals surface area contributed by atoms with E-state index in [1.165, 1.54) is 0 Å². The predicted octanol–water partition coefficient (Wildman–Crippen LogP) is 3.52. The highest BCUT2D eigenvalue weighted by Gasteiger charge is 2.35. The van der Waals surface area contributed by atoms with Gasteiger partial charge in [0.1, 0.15) is 6.61 Å². The number of anilines is 1. The number of rotatable bonds is 5. The van der Waals surface area contributed by atoms with Crippen molar-refractivity contribution in [1.82, 2.24) is 5.32 Å². The molecule has 124 valence electrons. The standard InChI is InChI=1S/C19H20N2O3/c1-2-12-20-18(22)15-8-10-16(11-9-15)21-17(13-24-19(21)23)14-6-4-3-5-7-14/h3-11,17H,2,12-13H2,1H3,(H,20,22). The molecular formula is C19H20N2O3. The SMILES string of the molecule is CCCNC(=O)c1ccc(N2C(=O)OCC2c2ccccc2)cc1. The predicted molar refractivity (Wildman–Crippen MR) is 92.1 cm³/mol. The Morgan fingerprint density at radius 3 is 2.54 bits per heavy atom. The van der Waals surface area contributed by atoms with E-state index in [2.05, 4.69) is 5.32 Å². The minimum Gasteiger partial charge on any atom is -0.447 e. The molecule has 1 aliphatic rings. The fraction of sp³-hybridized carbons (Fsp3) is 0.263. The topological polar surface area (TPSA) is 58.6 Å². The second-order valence-corrected chi connectivity index (χ2v) is 5.68. The highest BCUT2D eigenvalue weighted by molar-refractivity contribution is 5.96. The molecule has 1 N–H and O–H groups in total. The van der Waals surface area contributed by atoms with E-state index in [9.17, 15) is 9.59 Å². The number of carbonyl (C=O) groups excluding carboxylic acids is 2. The van der Waals surface area contributed by atoms with Crippen molar-refractivity contribution in [1.29, 1.82) is 0 Å². The molecule has 0 radical (unpaired) electrons. The lowest BCUT2D eigenvalue weighted by Gasteiger charge is -2.22. The molecule has 0 aliphatic carbocycles. The van der Waals surface area contributed by atoms with Gasteiger partial charge in [-0.05, 0) is 36.2 Å². The molecule has 2 aromatic carbocycles. The lowest BCUT2D eigenvalue weighted by molar-refractivity contribution is 0.0953. The average Bonchev–Trinajstić information content (AvgIpc) is 3.02. The Labute approximate surface area is 141 Å². The zero-order valence-corrected chi connectivity index (χ0v) is 13.6. The van der Waals surface area contributed by atoms with Gasteiger partial charge in [0.05, 0.1) is 6.04 Å². The average molecular weight is 324 g/mol. The van der Waals surface area contributed by atoms with Gasteiger partial charge in [-0.1, -0.05) is 37.3 Å². The largest absolute Gasteiger partial charge is 0.447 e. The minimum absolute atomic E-state index is 0.105. The first-order valence-electron chi connectivity index (χ1n) is 8.10. The van der Waals surface area contributed by atoms with Crippen molar-refractivity contribution >= 4 is 17.7 Å². The summed E-state index contributed by atoms with van der Waals surface area (Å²) in [4.78, 5) is 25.7. The number of carbonyl (C=O) groups is 2. The van der Waals surface area contributed by atoms with E-state index in [4.69, 9.17) is 4.74 Å². The fourth-order valence-corrected chi connectivity index (χ4v) is 2.74. The number of nitrogens with zero attached hydrogens (tertiary/aromatic N) is 1. The first-order chi connectivity index (χ1) is 11.7. The van der Waals surface area contributed by atoms with Crippen LogP contribution in [0, 0.1) is 0 Å². The number of ether oxygens (including phenoxy) is 1. The molecule has 1 aliphatic heterocycles. The Morgan fingerprint density at radius 2 is 1.88 bits per heavy atom. The Morgan fingerprint density at radius 1 is 1.17 bits per heavy atom. The summed E-state index contributed by atoms with van der Waals surface area (Å²) in [5.41, 5.74) is 2.32. The fourth-order valence-electron chi connectivity index (χ4n) is 2.74. The van der Waals surface area contributed by atoms with Crippen molar-refractivity contribution in [3.05, 3.63) is 65.7 Å². The molecule has 0 saturated carbocycles. The third-order valence-electron chi connectivity index (χ3n) is 4.00. The molecule has 3 rings (SSSR count). The normalized spacial score (nSPS) is 16.8. The zero-order chi connectivity index (χ0) is 16.9. The van der Waals surface area contributed by atoms with Crippen LogP contribution in [-0.2, 0) is 4.74 Å². The lowest BCUT2D eigenvalue weighted by atomic mass is 10.1. The van der Waals surface area contributed by atoms with Crippen molar-refractivity contribution in [2.24, 2.45) is 0 Å². The highest BCUT2D eigenvalue weighted by Crippen LogP contribution is 2.32. The number of nitrogens with one attached hydrogen (secondary N) is 1. The summed E-state index contributed by atoms with van der Waals surface area (Å²) in [5, 5.41) is 2.84. The van der Waals surface area contributed by atoms with Crippen molar-refractivity contribution in [3.8, 4) is 0 Å². The van der Waals surface area contributed by atoms with Gasteiger partial charge >= 0.3 is 6.09 Å². The molecular weight excluding hydrogens is 304 g/mol. The van der Waals surface area contributed by atoms with E-state index in [1.807, 2.05) is 37.3 Å². The lowest BCUT2D eigenvalue weighted by Crippen LogP contribution is -2.27. The molecule has 1 unspecified atom stereocenters. The van der Waals surface area contributed by atoms with Gasteiger partial charge in [-0.3, -0.25) is 9.69 Å². The van der Waals surface area contributed by atoms with Crippen LogP contribution in [-0.4, -0.2) is 25.2 Å². The van der Waals surface area contributed by atoms with E-state index in [1.54, 1.807) is 29.2 Å². The summed E-state index contributed by atoms with van der Waals surface area (Å²) in [7, 11) is 0. The van der Waals surface area contributed by atoms with Crippen LogP contribution in [0.25, 0.3) is 0 Å². The van der Waals surface area contributed by atoms with Gasteiger partial charge in [0, 0.05) is 17.8 Å². The van der Waals surface area contributed by atoms with Crippen LogP contribution >= 0.6 is 0 Å². The van der Waals surface area contributed by atoms with Crippen LogP contribution in [0.5, 0.6) is 0 Å². The molecule has 0 aromatic heterocycles. The van der Waals surface area contributed by atoms with Gasteiger partial charge in [0.25, 0.3) is 5.91 Å². The van der Waals surface area contributed by atoms with Gasteiger partial charge in [0.2, 0.25) is 0 Å². The van der Waals surface area contributed by atoms with E-state index >= 15 is 0 Å². The van der Waals surface area contributed by atoms with Crippen LogP contribution in [0.1, 0.15) is 35.3 Å². The molecule has 1 heterocycles. The van der Waals surface area contributed by atoms with Crippen LogP contribution in [0.2, 0.25) is 0 Å².